The first-order valence-electron chi connectivity index (χ1n) is 4.93. The topological polar surface area (TPSA) is 53.1 Å². The lowest BCUT2D eigenvalue weighted by Gasteiger charge is -2.05. The minimum Gasteiger partial charge on any atom is -0.415 e. The van der Waals surface area contributed by atoms with Gasteiger partial charge in [0.25, 0.3) is 0 Å². The first-order valence-corrected chi connectivity index (χ1v) is 4.93. The molecule has 0 bridgehead atoms. The van der Waals surface area contributed by atoms with Crippen LogP contribution in [0.4, 0.5) is 14.5 Å². The first kappa shape index (κ1) is 11.4. The molecule has 0 atom stereocenters. The Hall–Kier alpha value is -2.11. The molecule has 1 aromatic heterocycles. The summed E-state index contributed by atoms with van der Waals surface area (Å²) < 4.78 is 29.6. The van der Waals surface area contributed by atoms with Crippen molar-refractivity contribution in [3.63, 3.8) is 0 Å². The summed E-state index contributed by atoms with van der Waals surface area (Å²) in [5, 5.41) is 3.87. The van der Waals surface area contributed by atoms with E-state index < -0.39 is 6.61 Å². The van der Waals surface area contributed by atoms with Gasteiger partial charge >= 0.3 is 6.61 Å². The van der Waals surface area contributed by atoms with E-state index in [1.807, 2.05) is 13.0 Å². The lowest BCUT2D eigenvalue weighted by molar-refractivity contribution is -0.0530. The van der Waals surface area contributed by atoms with Crippen LogP contribution in [0.2, 0.25) is 0 Å². The zero-order valence-corrected chi connectivity index (χ0v) is 9.10. The van der Waals surface area contributed by atoms with E-state index in [0.29, 0.717) is 5.69 Å². The van der Waals surface area contributed by atoms with Gasteiger partial charge in [-0.3, -0.25) is 0 Å². The van der Waals surface area contributed by atoms with Crippen LogP contribution in [0.5, 0.6) is 5.88 Å². The van der Waals surface area contributed by atoms with Gasteiger partial charge in [-0.05, 0) is 30.7 Å². The number of nitrogen functional groups attached to an aromatic ring is 1. The fourth-order valence-electron chi connectivity index (χ4n) is 1.41. The van der Waals surface area contributed by atoms with E-state index in [1.165, 1.54) is 10.7 Å². The maximum absolute atomic E-state index is 12.0. The zero-order valence-electron chi connectivity index (χ0n) is 9.10. The normalized spacial score (nSPS) is 10.8. The molecule has 0 saturated heterocycles. The van der Waals surface area contributed by atoms with Crippen molar-refractivity contribution < 1.29 is 13.5 Å². The molecule has 6 heteroatoms. The number of nitrogens with zero attached hydrogens (tertiary/aromatic N) is 2. The third-order valence-electron chi connectivity index (χ3n) is 2.29. The smallest absolute Gasteiger partial charge is 0.388 e. The number of hydrogen-bond donors (Lipinski definition) is 1. The van der Waals surface area contributed by atoms with Crippen molar-refractivity contribution in [2.75, 3.05) is 5.73 Å². The van der Waals surface area contributed by atoms with Gasteiger partial charge in [0, 0.05) is 18.0 Å². The minimum absolute atomic E-state index is 0.116. The molecule has 1 aromatic carbocycles. The molecule has 0 radical (unpaired) electrons. The van der Waals surface area contributed by atoms with Gasteiger partial charge in [0.1, 0.15) is 0 Å². The summed E-state index contributed by atoms with van der Waals surface area (Å²) in [6, 6.07) is 6.67. The second-order valence-corrected chi connectivity index (χ2v) is 3.52. The van der Waals surface area contributed by atoms with E-state index in [4.69, 9.17) is 5.73 Å². The summed E-state index contributed by atoms with van der Waals surface area (Å²) in [6.07, 6.45) is 1.54. The third kappa shape index (κ3) is 2.52. The van der Waals surface area contributed by atoms with Crippen LogP contribution in [0.1, 0.15) is 5.56 Å². The SMILES string of the molecule is Cc1cc(-n2ccc(OC(F)F)n2)ccc1N. The molecule has 2 aromatic rings. The van der Waals surface area contributed by atoms with E-state index in [9.17, 15) is 8.78 Å². The highest BCUT2D eigenvalue weighted by atomic mass is 19.3. The number of aromatic nitrogens is 2. The number of nitrogens with two attached hydrogens (primary N) is 1. The quantitative estimate of drug-likeness (QED) is 0.836. The van der Waals surface area contributed by atoms with Crippen LogP contribution < -0.4 is 10.5 Å². The van der Waals surface area contributed by atoms with Gasteiger partial charge in [0.05, 0.1) is 5.69 Å². The van der Waals surface area contributed by atoms with Gasteiger partial charge in [-0.1, -0.05) is 0 Å². The van der Waals surface area contributed by atoms with Crippen molar-refractivity contribution in [2.24, 2.45) is 0 Å². The second-order valence-electron chi connectivity index (χ2n) is 3.52. The van der Waals surface area contributed by atoms with Crippen molar-refractivity contribution in [1.82, 2.24) is 9.78 Å². The summed E-state index contributed by atoms with van der Waals surface area (Å²) in [5.74, 6) is -0.116. The molecule has 0 saturated carbocycles. The molecule has 17 heavy (non-hydrogen) atoms. The molecule has 0 amide bonds. The largest absolute Gasteiger partial charge is 0.415 e. The Morgan fingerprint density at radius 1 is 1.35 bits per heavy atom. The highest BCUT2D eigenvalue weighted by molar-refractivity contribution is 5.51. The Morgan fingerprint density at radius 2 is 2.12 bits per heavy atom. The molecule has 2 rings (SSSR count). The molecule has 0 aliphatic rings. The molecule has 0 spiro atoms. The minimum atomic E-state index is -2.87. The Morgan fingerprint density at radius 3 is 2.76 bits per heavy atom. The monoisotopic (exact) mass is 239 g/mol. The van der Waals surface area contributed by atoms with Crippen LogP contribution >= 0.6 is 0 Å². The number of rotatable bonds is 3. The Balaban J connectivity index is 2.27. The van der Waals surface area contributed by atoms with E-state index in [-0.39, 0.29) is 5.88 Å². The van der Waals surface area contributed by atoms with Crippen LogP contribution in [0.3, 0.4) is 0 Å². The first-order chi connectivity index (χ1) is 8.06. The maximum Gasteiger partial charge on any atom is 0.388 e. The third-order valence-corrected chi connectivity index (χ3v) is 2.29. The van der Waals surface area contributed by atoms with Crippen LogP contribution in [-0.2, 0) is 0 Å². The average Bonchev–Trinajstić information content (AvgIpc) is 2.69. The summed E-state index contributed by atoms with van der Waals surface area (Å²) in [4.78, 5) is 0. The molecule has 0 aliphatic carbocycles. The highest BCUT2D eigenvalue weighted by Gasteiger charge is 2.08. The Bertz CT molecular complexity index is 525. The average molecular weight is 239 g/mol. The molecular formula is C11H11F2N3O. The number of alkyl halides is 2. The second kappa shape index (κ2) is 4.40. The molecular weight excluding hydrogens is 228 g/mol. The van der Waals surface area contributed by atoms with Crippen LogP contribution in [0, 0.1) is 6.92 Å². The van der Waals surface area contributed by atoms with Crippen molar-refractivity contribution in [1.29, 1.82) is 0 Å². The van der Waals surface area contributed by atoms with Crippen molar-refractivity contribution >= 4 is 5.69 Å². The number of hydrogen-bond acceptors (Lipinski definition) is 3. The summed E-state index contributed by atoms with van der Waals surface area (Å²) >= 11 is 0. The molecule has 0 fully saturated rings. The Kier molecular flexibility index (Phi) is 2.95. The number of benzene rings is 1. The van der Waals surface area contributed by atoms with Crippen LogP contribution in [0.25, 0.3) is 5.69 Å². The van der Waals surface area contributed by atoms with Crippen molar-refractivity contribution in [2.45, 2.75) is 13.5 Å². The van der Waals surface area contributed by atoms with E-state index in [1.54, 1.807) is 18.3 Å². The van der Waals surface area contributed by atoms with Gasteiger partial charge in [0.15, 0.2) is 0 Å². The highest BCUT2D eigenvalue weighted by Crippen LogP contribution is 2.18. The standard InChI is InChI=1S/C11H11F2N3O/c1-7-6-8(2-3-9(7)14)16-5-4-10(15-16)17-11(12)13/h2-6,11H,14H2,1H3. The number of ether oxygens (including phenoxy) is 1. The maximum atomic E-state index is 12.0. The number of halogens is 2. The van der Waals surface area contributed by atoms with Crippen LogP contribution in [-0.4, -0.2) is 16.4 Å². The van der Waals surface area contributed by atoms with Crippen LogP contribution in [0.15, 0.2) is 30.5 Å². The fraction of sp³-hybridized carbons (Fsp3) is 0.182. The van der Waals surface area contributed by atoms with E-state index >= 15 is 0 Å². The predicted molar refractivity (Wildman–Crippen MR) is 59.3 cm³/mol. The fourth-order valence-corrected chi connectivity index (χ4v) is 1.41. The molecule has 4 nitrogen and oxygen atoms in total. The molecule has 0 unspecified atom stereocenters. The zero-order chi connectivity index (χ0) is 12.4. The summed E-state index contributed by atoms with van der Waals surface area (Å²) in [6.45, 7) is -1.01. The van der Waals surface area contributed by atoms with Gasteiger partial charge < -0.3 is 10.5 Å². The summed E-state index contributed by atoms with van der Waals surface area (Å²) in [7, 11) is 0. The lowest BCUT2D eigenvalue weighted by Crippen LogP contribution is -2.03. The van der Waals surface area contributed by atoms with Gasteiger partial charge in [0.2, 0.25) is 5.88 Å². The number of anilines is 1. The van der Waals surface area contributed by atoms with E-state index in [0.717, 1.165) is 11.3 Å². The van der Waals surface area contributed by atoms with Gasteiger partial charge in [-0.15, -0.1) is 5.10 Å². The lowest BCUT2D eigenvalue weighted by atomic mass is 10.2. The number of aryl methyl sites for hydroxylation is 1. The molecule has 2 N–H and O–H groups in total. The van der Waals surface area contributed by atoms with Crippen molar-refractivity contribution in [3.05, 3.63) is 36.0 Å². The van der Waals surface area contributed by atoms with Gasteiger partial charge in [-0.2, -0.15) is 8.78 Å². The van der Waals surface area contributed by atoms with Gasteiger partial charge in [-0.25, -0.2) is 4.68 Å². The predicted octanol–water partition coefficient (Wildman–Crippen LogP) is 2.36. The van der Waals surface area contributed by atoms with Crippen molar-refractivity contribution in [3.8, 4) is 11.6 Å². The summed E-state index contributed by atoms with van der Waals surface area (Å²) in [5.41, 5.74) is 7.99. The molecule has 0 aliphatic heterocycles. The molecule has 90 valence electrons. The van der Waals surface area contributed by atoms with E-state index in [2.05, 4.69) is 9.84 Å². The molecule has 1 heterocycles. The Labute approximate surface area is 96.6 Å².